The summed E-state index contributed by atoms with van der Waals surface area (Å²) in [7, 11) is 0. The molecule has 7 nitrogen and oxygen atoms in total. The van der Waals surface area contributed by atoms with Gasteiger partial charge in [-0.2, -0.15) is 0 Å². The number of imidazole rings is 2. The van der Waals surface area contributed by atoms with Gasteiger partial charge < -0.3 is 24.5 Å². The summed E-state index contributed by atoms with van der Waals surface area (Å²) in [4.78, 5) is 21.6. The minimum atomic E-state index is 0.659. The highest BCUT2D eigenvalue weighted by atomic mass is 16.5. The van der Waals surface area contributed by atoms with Gasteiger partial charge in [0, 0.05) is 43.0 Å². The van der Waals surface area contributed by atoms with Crippen LogP contribution in [0.15, 0.2) is 60.7 Å². The molecule has 0 amide bonds. The standard InChI is InChI=1S/C28H30N6O/c1-3-33-13-15-34(16-14-33)21-8-12-24-26(18-21)32-28(30-24)20-7-11-23-25(17-20)31-27(29-23)19-5-9-22(10-6-19)35-4-2/h5-12,17-18H,3-4,13-16H2,1-2H3,(H,29,31)(H,30,32). The summed E-state index contributed by atoms with van der Waals surface area (Å²) in [6, 6.07) is 20.8. The molecule has 0 saturated carbocycles. The van der Waals surface area contributed by atoms with Gasteiger partial charge in [0.1, 0.15) is 17.4 Å². The first-order chi connectivity index (χ1) is 17.2. The fraction of sp³-hybridized carbons (Fsp3) is 0.286. The van der Waals surface area contributed by atoms with E-state index in [1.807, 2.05) is 37.3 Å². The van der Waals surface area contributed by atoms with Crippen LogP contribution < -0.4 is 9.64 Å². The molecule has 0 radical (unpaired) electrons. The Kier molecular flexibility index (Phi) is 5.62. The van der Waals surface area contributed by atoms with Crippen molar-refractivity contribution in [3.8, 4) is 28.5 Å². The molecule has 3 heterocycles. The van der Waals surface area contributed by atoms with Gasteiger partial charge in [-0.15, -0.1) is 0 Å². The molecule has 1 fully saturated rings. The number of fused-ring (bicyclic) bond motifs is 2. The average molecular weight is 467 g/mol. The fourth-order valence-electron chi connectivity index (χ4n) is 4.82. The quantitative estimate of drug-likeness (QED) is 0.355. The van der Waals surface area contributed by atoms with E-state index in [9.17, 15) is 0 Å². The first kappa shape index (κ1) is 21.7. The third-order valence-corrected chi connectivity index (χ3v) is 6.84. The van der Waals surface area contributed by atoms with Crippen molar-refractivity contribution in [1.82, 2.24) is 24.8 Å². The molecular formula is C28H30N6O. The molecule has 3 aromatic carbocycles. The highest BCUT2D eigenvalue weighted by Crippen LogP contribution is 2.28. The molecule has 2 aromatic heterocycles. The number of nitrogens with zero attached hydrogens (tertiary/aromatic N) is 4. The smallest absolute Gasteiger partial charge is 0.138 e. The van der Waals surface area contributed by atoms with E-state index in [4.69, 9.17) is 14.7 Å². The summed E-state index contributed by atoms with van der Waals surface area (Å²) in [6.07, 6.45) is 0. The summed E-state index contributed by atoms with van der Waals surface area (Å²) < 4.78 is 5.55. The lowest BCUT2D eigenvalue weighted by Crippen LogP contribution is -2.46. The number of aromatic amines is 2. The normalized spacial score (nSPS) is 14.7. The van der Waals surface area contributed by atoms with Crippen LogP contribution in [0.2, 0.25) is 0 Å². The van der Waals surface area contributed by atoms with Gasteiger partial charge in [-0.1, -0.05) is 6.92 Å². The third-order valence-electron chi connectivity index (χ3n) is 6.84. The summed E-state index contributed by atoms with van der Waals surface area (Å²) in [5.74, 6) is 2.58. The fourth-order valence-corrected chi connectivity index (χ4v) is 4.82. The van der Waals surface area contributed by atoms with Crippen molar-refractivity contribution in [3.63, 3.8) is 0 Å². The lowest BCUT2D eigenvalue weighted by molar-refractivity contribution is 0.271. The van der Waals surface area contributed by atoms with Crippen LogP contribution in [0.4, 0.5) is 5.69 Å². The van der Waals surface area contributed by atoms with Crippen molar-refractivity contribution in [2.45, 2.75) is 13.8 Å². The van der Waals surface area contributed by atoms with Crippen LogP contribution in [0.1, 0.15) is 13.8 Å². The van der Waals surface area contributed by atoms with Crippen molar-refractivity contribution >= 4 is 27.8 Å². The number of piperazine rings is 1. The van der Waals surface area contributed by atoms with Crippen LogP contribution >= 0.6 is 0 Å². The average Bonchev–Trinajstić information content (AvgIpc) is 3.53. The van der Waals surface area contributed by atoms with Crippen molar-refractivity contribution < 1.29 is 4.74 Å². The Morgan fingerprint density at radius 2 is 1.37 bits per heavy atom. The Balaban J connectivity index is 1.26. The number of hydrogen-bond donors (Lipinski definition) is 2. The van der Waals surface area contributed by atoms with E-state index in [-0.39, 0.29) is 0 Å². The number of anilines is 1. The topological polar surface area (TPSA) is 73.1 Å². The lowest BCUT2D eigenvalue weighted by Gasteiger charge is -2.35. The van der Waals surface area contributed by atoms with Gasteiger partial charge in [0.2, 0.25) is 0 Å². The molecule has 178 valence electrons. The number of likely N-dealkylation sites (N-methyl/N-ethyl adjacent to an activating group) is 1. The van der Waals surface area contributed by atoms with Crippen molar-refractivity contribution in [2.24, 2.45) is 0 Å². The monoisotopic (exact) mass is 466 g/mol. The van der Waals surface area contributed by atoms with E-state index in [0.717, 1.165) is 83.3 Å². The highest BCUT2D eigenvalue weighted by Gasteiger charge is 2.17. The van der Waals surface area contributed by atoms with Crippen molar-refractivity contribution in [1.29, 1.82) is 0 Å². The Labute approximate surface area is 204 Å². The maximum absolute atomic E-state index is 5.55. The SMILES string of the molecule is CCOc1ccc(-c2nc3ccc(-c4nc5ccc(N6CCN(CC)CC6)cc5[nH]4)cc3[nH]2)cc1. The van der Waals surface area contributed by atoms with E-state index >= 15 is 0 Å². The van der Waals surface area contributed by atoms with E-state index in [2.05, 4.69) is 57.0 Å². The molecule has 7 heteroatoms. The van der Waals surface area contributed by atoms with Gasteiger partial charge in [0.25, 0.3) is 0 Å². The van der Waals surface area contributed by atoms with Crippen molar-refractivity contribution in [3.05, 3.63) is 60.7 Å². The maximum atomic E-state index is 5.55. The van der Waals surface area contributed by atoms with E-state index in [1.165, 1.54) is 5.69 Å². The number of benzene rings is 3. The predicted molar refractivity (Wildman–Crippen MR) is 142 cm³/mol. The zero-order valence-electron chi connectivity index (χ0n) is 20.2. The molecule has 1 aliphatic rings. The number of ether oxygens (including phenoxy) is 1. The van der Waals surface area contributed by atoms with Gasteiger partial charge in [0.15, 0.2) is 0 Å². The molecule has 1 saturated heterocycles. The van der Waals surface area contributed by atoms with Crippen LogP contribution in [0.5, 0.6) is 5.75 Å². The zero-order valence-corrected chi connectivity index (χ0v) is 20.2. The van der Waals surface area contributed by atoms with E-state index in [0.29, 0.717) is 6.61 Å². The second kappa shape index (κ2) is 9.07. The first-order valence-electron chi connectivity index (χ1n) is 12.4. The van der Waals surface area contributed by atoms with Gasteiger partial charge in [0.05, 0.1) is 28.7 Å². The minimum Gasteiger partial charge on any atom is -0.494 e. The zero-order chi connectivity index (χ0) is 23.8. The molecule has 5 aromatic rings. The second-order valence-electron chi connectivity index (χ2n) is 8.98. The Hall–Kier alpha value is -3.84. The van der Waals surface area contributed by atoms with Crippen LogP contribution in [0, 0.1) is 0 Å². The molecule has 6 rings (SSSR count). The number of H-pyrrole nitrogens is 2. The minimum absolute atomic E-state index is 0.659. The molecule has 1 aliphatic heterocycles. The number of aromatic nitrogens is 4. The summed E-state index contributed by atoms with van der Waals surface area (Å²) in [5.41, 5.74) is 7.29. The van der Waals surface area contributed by atoms with Crippen LogP contribution in [0.25, 0.3) is 44.8 Å². The lowest BCUT2D eigenvalue weighted by atomic mass is 10.2. The number of nitrogens with one attached hydrogen (secondary N) is 2. The van der Waals surface area contributed by atoms with Gasteiger partial charge in [-0.25, -0.2) is 9.97 Å². The van der Waals surface area contributed by atoms with Crippen LogP contribution in [0.3, 0.4) is 0 Å². The maximum Gasteiger partial charge on any atom is 0.138 e. The molecule has 0 spiro atoms. The summed E-state index contributed by atoms with van der Waals surface area (Å²) >= 11 is 0. The van der Waals surface area contributed by atoms with Gasteiger partial charge in [-0.05, 0) is 74.1 Å². The van der Waals surface area contributed by atoms with E-state index < -0.39 is 0 Å². The summed E-state index contributed by atoms with van der Waals surface area (Å²) in [6.45, 7) is 10.4. The molecule has 0 bridgehead atoms. The molecule has 0 atom stereocenters. The Bertz CT molecular complexity index is 1460. The predicted octanol–water partition coefficient (Wildman–Crippen LogP) is 5.31. The van der Waals surface area contributed by atoms with E-state index in [1.54, 1.807) is 0 Å². The van der Waals surface area contributed by atoms with Crippen LogP contribution in [-0.4, -0.2) is 64.2 Å². The van der Waals surface area contributed by atoms with Gasteiger partial charge in [-0.3, -0.25) is 0 Å². The second-order valence-corrected chi connectivity index (χ2v) is 8.98. The number of rotatable bonds is 6. The largest absolute Gasteiger partial charge is 0.494 e. The molecule has 2 N–H and O–H groups in total. The molecule has 35 heavy (non-hydrogen) atoms. The molecule has 0 aliphatic carbocycles. The highest BCUT2D eigenvalue weighted by molar-refractivity contribution is 5.87. The van der Waals surface area contributed by atoms with Crippen LogP contribution in [-0.2, 0) is 0 Å². The molecule has 0 unspecified atom stereocenters. The molecular weight excluding hydrogens is 436 g/mol. The Morgan fingerprint density at radius 3 is 2.06 bits per heavy atom. The summed E-state index contributed by atoms with van der Waals surface area (Å²) in [5, 5.41) is 0. The Morgan fingerprint density at radius 1 is 0.743 bits per heavy atom. The van der Waals surface area contributed by atoms with Gasteiger partial charge >= 0.3 is 0 Å². The van der Waals surface area contributed by atoms with Crippen molar-refractivity contribution in [2.75, 3.05) is 44.2 Å². The third kappa shape index (κ3) is 4.23. The number of hydrogen-bond acceptors (Lipinski definition) is 5. The first-order valence-corrected chi connectivity index (χ1v) is 12.4.